The Morgan fingerprint density at radius 2 is 2.19 bits per heavy atom. The molecular weight excluding hydrogens is 248 g/mol. The van der Waals surface area contributed by atoms with Crippen molar-refractivity contribution in [3.8, 4) is 10.6 Å². The van der Waals surface area contributed by atoms with Crippen LogP contribution in [-0.2, 0) is 5.88 Å². The Labute approximate surface area is 101 Å². The predicted molar refractivity (Wildman–Crippen MR) is 63.8 cm³/mol. The van der Waals surface area contributed by atoms with Gasteiger partial charge < -0.3 is 0 Å². The molecule has 1 aromatic heterocycles. The van der Waals surface area contributed by atoms with E-state index >= 15 is 0 Å². The van der Waals surface area contributed by atoms with Gasteiger partial charge in [-0.1, -0.05) is 12.1 Å². The van der Waals surface area contributed by atoms with Gasteiger partial charge in [-0.25, -0.2) is 4.98 Å². The quantitative estimate of drug-likeness (QED) is 0.479. The first kappa shape index (κ1) is 11.0. The Bertz CT molecular complexity index is 527. The van der Waals surface area contributed by atoms with Crippen molar-refractivity contribution in [3.05, 3.63) is 45.5 Å². The van der Waals surface area contributed by atoms with Gasteiger partial charge in [-0.3, -0.25) is 10.1 Å². The second-order valence-corrected chi connectivity index (χ2v) is 4.18. The largest absolute Gasteiger partial charge is 0.279 e. The highest BCUT2D eigenvalue weighted by molar-refractivity contribution is 7.13. The summed E-state index contributed by atoms with van der Waals surface area (Å²) in [6.07, 6.45) is 0. The number of para-hydroxylation sites is 1. The molecule has 0 saturated heterocycles. The van der Waals surface area contributed by atoms with E-state index in [9.17, 15) is 10.1 Å². The molecular formula is C10H7ClN2O2S. The normalized spacial score (nSPS) is 10.3. The highest BCUT2D eigenvalue weighted by Gasteiger charge is 2.16. The lowest BCUT2D eigenvalue weighted by atomic mass is 10.2. The van der Waals surface area contributed by atoms with Gasteiger partial charge >= 0.3 is 0 Å². The summed E-state index contributed by atoms with van der Waals surface area (Å²) < 4.78 is 0. The molecule has 0 saturated carbocycles. The number of nitrogens with zero attached hydrogens (tertiary/aromatic N) is 2. The third kappa shape index (κ3) is 2.05. The molecule has 4 nitrogen and oxygen atoms in total. The molecule has 82 valence electrons. The number of aromatic nitrogens is 1. The van der Waals surface area contributed by atoms with E-state index in [4.69, 9.17) is 11.6 Å². The van der Waals surface area contributed by atoms with Gasteiger partial charge in [0.1, 0.15) is 5.01 Å². The van der Waals surface area contributed by atoms with Gasteiger partial charge in [0, 0.05) is 11.4 Å². The van der Waals surface area contributed by atoms with E-state index in [1.54, 1.807) is 23.6 Å². The second-order valence-electron chi connectivity index (χ2n) is 3.05. The number of thiazole rings is 1. The lowest BCUT2D eigenvalue weighted by molar-refractivity contribution is -0.384. The van der Waals surface area contributed by atoms with Crippen LogP contribution in [0.3, 0.4) is 0 Å². The van der Waals surface area contributed by atoms with E-state index in [0.29, 0.717) is 16.5 Å². The molecule has 6 heteroatoms. The summed E-state index contributed by atoms with van der Waals surface area (Å²) in [7, 11) is 0. The number of benzene rings is 1. The van der Waals surface area contributed by atoms with E-state index in [1.165, 1.54) is 17.4 Å². The summed E-state index contributed by atoms with van der Waals surface area (Å²) in [5.74, 6) is 0.317. The molecule has 2 aromatic rings. The van der Waals surface area contributed by atoms with Crippen molar-refractivity contribution in [2.75, 3.05) is 0 Å². The highest BCUT2D eigenvalue weighted by atomic mass is 35.5. The van der Waals surface area contributed by atoms with Crippen LogP contribution in [0.1, 0.15) is 5.69 Å². The lowest BCUT2D eigenvalue weighted by Crippen LogP contribution is -1.91. The lowest BCUT2D eigenvalue weighted by Gasteiger charge is -1.97. The van der Waals surface area contributed by atoms with Crippen LogP contribution in [0.2, 0.25) is 0 Å². The van der Waals surface area contributed by atoms with E-state index in [0.717, 1.165) is 5.69 Å². The minimum absolute atomic E-state index is 0.0676. The van der Waals surface area contributed by atoms with Crippen LogP contribution >= 0.6 is 22.9 Å². The maximum Gasteiger partial charge on any atom is 0.279 e. The van der Waals surface area contributed by atoms with Gasteiger partial charge in [0.25, 0.3) is 5.69 Å². The zero-order valence-corrected chi connectivity index (χ0v) is 9.66. The number of hydrogen-bond donors (Lipinski definition) is 0. The van der Waals surface area contributed by atoms with Crippen LogP contribution < -0.4 is 0 Å². The average molecular weight is 255 g/mol. The van der Waals surface area contributed by atoms with Gasteiger partial charge in [-0.15, -0.1) is 22.9 Å². The fraction of sp³-hybridized carbons (Fsp3) is 0.100. The maximum absolute atomic E-state index is 10.8. The van der Waals surface area contributed by atoms with Gasteiger partial charge in [0.05, 0.1) is 22.1 Å². The average Bonchev–Trinajstić information content (AvgIpc) is 2.77. The van der Waals surface area contributed by atoms with E-state index < -0.39 is 4.92 Å². The van der Waals surface area contributed by atoms with E-state index in [2.05, 4.69) is 4.98 Å². The van der Waals surface area contributed by atoms with Crippen LogP contribution in [0, 0.1) is 10.1 Å². The SMILES string of the molecule is O=[N+]([O-])c1ccccc1-c1nc(CCl)cs1. The Hall–Kier alpha value is -1.46. The van der Waals surface area contributed by atoms with Crippen molar-refractivity contribution in [2.24, 2.45) is 0 Å². The Morgan fingerprint density at radius 1 is 1.44 bits per heavy atom. The van der Waals surface area contributed by atoms with Crippen molar-refractivity contribution >= 4 is 28.6 Å². The zero-order chi connectivity index (χ0) is 11.5. The van der Waals surface area contributed by atoms with Gasteiger partial charge in [-0.05, 0) is 6.07 Å². The molecule has 0 aliphatic heterocycles. The fourth-order valence-electron chi connectivity index (χ4n) is 1.31. The Kier molecular flexibility index (Phi) is 3.17. The monoisotopic (exact) mass is 254 g/mol. The fourth-order valence-corrected chi connectivity index (χ4v) is 2.39. The van der Waals surface area contributed by atoms with Crippen LogP contribution in [0.4, 0.5) is 5.69 Å². The second kappa shape index (κ2) is 4.59. The summed E-state index contributed by atoms with van der Waals surface area (Å²) >= 11 is 7.00. The first-order chi connectivity index (χ1) is 7.72. The summed E-state index contributed by atoms with van der Waals surface area (Å²) in [5, 5.41) is 13.3. The first-order valence-electron chi connectivity index (χ1n) is 4.46. The first-order valence-corrected chi connectivity index (χ1v) is 5.88. The van der Waals surface area contributed by atoms with Crippen LogP contribution in [0.25, 0.3) is 10.6 Å². The van der Waals surface area contributed by atoms with E-state index in [-0.39, 0.29) is 5.69 Å². The molecule has 2 rings (SSSR count). The van der Waals surface area contributed by atoms with Crippen molar-refractivity contribution < 1.29 is 4.92 Å². The number of hydrogen-bond acceptors (Lipinski definition) is 4. The van der Waals surface area contributed by atoms with Gasteiger partial charge in [0.2, 0.25) is 0 Å². The smallest absolute Gasteiger partial charge is 0.258 e. The Morgan fingerprint density at radius 3 is 2.81 bits per heavy atom. The molecule has 0 unspecified atom stereocenters. The highest BCUT2D eigenvalue weighted by Crippen LogP contribution is 2.31. The van der Waals surface area contributed by atoms with E-state index in [1.807, 2.05) is 0 Å². The maximum atomic E-state index is 10.8. The molecule has 0 radical (unpaired) electrons. The predicted octanol–water partition coefficient (Wildman–Crippen LogP) is 3.46. The number of rotatable bonds is 3. The molecule has 16 heavy (non-hydrogen) atoms. The van der Waals surface area contributed by atoms with Crippen molar-refractivity contribution in [1.29, 1.82) is 0 Å². The zero-order valence-electron chi connectivity index (χ0n) is 8.09. The van der Waals surface area contributed by atoms with Crippen molar-refractivity contribution in [1.82, 2.24) is 4.98 Å². The molecule has 0 aliphatic rings. The third-order valence-corrected chi connectivity index (χ3v) is 3.22. The minimum atomic E-state index is -0.406. The summed E-state index contributed by atoms with van der Waals surface area (Å²) in [5.41, 5.74) is 1.34. The standard InChI is InChI=1S/C10H7ClN2O2S/c11-5-7-6-16-10(12-7)8-3-1-2-4-9(8)13(14)15/h1-4,6H,5H2. The van der Waals surface area contributed by atoms with Gasteiger partial charge in [-0.2, -0.15) is 0 Å². The molecule has 0 spiro atoms. The molecule has 0 amide bonds. The molecule has 0 N–H and O–H groups in total. The van der Waals surface area contributed by atoms with Crippen molar-refractivity contribution in [3.63, 3.8) is 0 Å². The molecule has 1 heterocycles. The Balaban J connectivity index is 2.50. The third-order valence-electron chi connectivity index (χ3n) is 2.02. The van der Waals surface area contributed by atoms with Gasteiger partial charge in [0.15, 0.2) is 0 Å². The summed E-state index contributed by atoms with van der Waals surface area (Å²) in [4.78, 5) is 14.6. The number of nitro groups is 1. The van der Waals surface area contributed by atoms with Crippen LogP contribution in [0.5, 0.6) is 0 Å². The topological polar surface area (TPSA) is 56.0 Å². The summed E-state index contributed by atoms with van der Waals surface area (Å²) in [6.45, 7) is 0. The van der Waals surface area contributed by atoms with Crippen molar-refractivity contribution in [2.45, 2.75) is 5.88 Å². The number of halogens is 1. The molecule has 0 fully saturated rings. The summed E-state index contributed by atoms with van der Waals surface area (Å²) in [6, 6.07) is 6.55. The molecule has 0 atom stereocenters. The number of nitro benzene ring substituents is 1. The number of alkyl halides is 1. The molecule has 0 bridgehead atoms. The van der Waals surface area contributed by atoms with Crippen LogP contribution in [-0.4, -0.2) is 9.91 Å². The van der Waals surface area contributed by atoms with Crippen LogP contribution in [0.15, 0.2) is 29.6 Å². The minimum Gasteiger partial charge on any atom is -0.258 e. The molecule has 1 aromatic carbocycles. The molecule has 0 aliphatic carbocycles.